The smallest absolute Gasteiger partial charge is 0.00109 e. The Morgan fingerprint density at radius 1 is 1.33 bits per heavy atom. The summed E-state index contributed by atoms with van der Waals surface area (Å²) in [5, 5.41) is 0. The molecule has 1 atom stereocenters. The van der Waals surface area contributed by atoms with Crippen LogP contribution < -0.4 is 5.73 Å². The first-order valence-corrected chi connectivity index (χ1v) is 4.36. The number of rotatable bonds is 1. The van der Waals surface area contributed by atoms with Crippen LogP contribution >= 0.6 is 0 Å². The van der Waals surface area contributed by atoms with Crippen LogP contribution in [0.5, 0.6) is 0 Å². The van der Waals surface area contributed by atoms with Gasteiger partial charge in [0.1, 0.15) is 0 Å². The standard InChI is InChI=1S/C11H13N/c12-8-9-5-6-10-3-1-2-4-11(10)7-9/h1-6,9H,7-8,12H2. The highest BCUT2D eigenvalue weighted by molar-refractivity contribution is 5.56. The molecule has 1 aromatic carbocycles. The van der Waals surface area contributed by atoms with E-state index >= 15 is 0 Å². The third kappa shape index (κ3) is 1.28. The summed E-state index contributed by atoms with van der Waals surface area (Å²) in [7, 11) is 0. The summed E-state index contributed by atoms with van der Waals surface area (Å²) in [6.45, 7) is 0.755. The van der Waals surface area contributed by atoms with Crippen LogP contribution in [0.15, 0.2) is 30.3 Å². The number of fused-ring (bicyclic) bond motifs is 1. The van der Waals surface area contributed by atoms with Crippen molar-refractivity contribution in [1.82, 2.24) is 0 Å². The van der Waals surface area contributed by atoms with Crippen LogP contribution in [0.2, 0.25) is 0 Å². The largest absolute Gasteiger partial charge is 0.330 e. The highest BCUT2D eigenvalue weighted by Crippen LogP contribution is 2.21. The predicted octanol–water partition coefficient (Wildman–Crippen LogP) is 1.83. The van der Waals surface area contributed by atoms with Gasteiger partial charge in [0, 0.05) is 0 Å². The van der Waals surface area contributed by atoms with E-state index in [1.807, 2.05) is 0 Å². The van der Waals surface area contributed by atoms with Gasteiger partial charge in [-0.25, -0.2) is 0 Å². The average molecular weight is 159 g/mol. The van der Waals surface area contributed by atoms with Crippen LogP contribution in [0.4, 0.5) is 0 Å². The van der Waals surface area contributed by atoms with Gasteiger partial charge >= 0.3 is 0 Å². The molecule has 2 rings (SSSR count). The maximum absolute atomic E-state index is 5.61. The van der Waals surface area contributed by atoms with Crippen molar-refractivity contribution in [2.24, 2.45) is 11.7 Å². The molecule has 2 N–H and O–H groups in total. The normalized spacial score (nSPS) is 20.6. The maximum Gasteiger partial charge on any atom is -0.00109 e. The lowest BCUT2D eigenvalue weighted by atomic mass is 9.90. The molecule has 0 bridgehead atoms. The molecule has 0 aromatic heterocycles. The van der Waals surface area contributed by atoms with Crippen LogP contribution in [-0.2, 0) is 6.42 Å². The Kier molecular flexibility index (Phi) is 1.96. The Morgan fingerprint density at radius 2 is 2.17 bits per heavy atom. The fraction of sp³-hybridized carbons (Fsp3) is 0.273. The lowest BCUT2D eigenvalue weighted by Crippen LogP contribution is -2.17. The Labute approximate surface area is 72.9 Å². The first kappa shape index (κ1) is 7.56. The zero-order valence-electron chi connectivity index (χ0n) is 7.03. The van der Waals surface area contributed by atoms with Gasteiger partial charge < -0.3 is 5.73 Å². The Morgan fingerprint density at radius 3 is 3.00 bits per heavy atom. The van der Waals surface area contributed by atoms with Crippen LogP contribution in [0.1, 0.15) is 11.1 Å². The van der Waals surface area contributed by atoms with E-state index in [2.05, 4.69) is 36.4 Å². The molecule has 1 aliphatic carbocycles. The van der Waals surface area contributed by atoms with Gasteiger partial charge in [-0.1, -0.05) is 36.4 Å². The Balaban J connectivity index is 2.33. The number of hydrogen-bond donors (Lipinski definition) is 1. The van der Waals surface area contributed by atoms with E-state index in [9.17, 15) is 0 Å². The zero-order chi connectivity index (χ0) is 8.39. The fourth-order valence-corrected chi connectivity index (χ4v) is 1.63. The Hall–Kier alpha value is -1.08. The monoisotopic (exact) mass is 159 g/mol. The third-order valence-electron chi connectivity index (χ3n) is 2.39. The third-order valence-corrected chi connectivity index (χ3v) is 2.39. The molecule has 1 unspecified atom stereocenters. The summed E-state index contributed by atoms with van der Waals surface area (Å²) >= 11 is 0. The van der Waals surface area contributed by atoms with Crippen molar-refractivity contribution < 1.29 is 0 Å². The molecule has 0 saturated carbocycles. The summed E-state index contributed by atoms with van der Waals surface area (Å²) in [4.78, 5) is 0. The molecule has 0 aliphatic heterocycles. The van der Waals surface area contributed by atoms with Gasteiger partial charge in [0.25, 0.3) is 0 Å². The van der Waals surface area contributed by atoms with Gasteiger partial charge in [-0.05, 0) is 30.0 Å². The SMILES string of the molecule is NCC1C=Cc2ccccc2C1. The molecule has 1 heteroatoms. The second-order valence-corrected chi connectivity index (χ2v) is 3.26. The van der Waals surface area contributed by atoms with Crippen molar-refractivity contribution in [2.45, 2.75) is 6.42 Å². The predicted molar refractivity (Wildman–Crippen MR) is 51.7 cm³/mol. The highest BCUT2D eigenvalue weighted by Gasteiger charge is 2.10. The molecule has 1 aliphatic rings. The highest BCUT2D eigenvalue weighted by atomic mass is 14.5. The van der Waals surface area contributed by atoms with Gasteiger partial charge in [0.15, 0.2) is 0 Å². The zero-order valence-corrected chi connectivity index (χ0v) is 7.03. The number of nitrogens with two attached hydrogens (primary N) is 1. The summed E-state index contributed by atoms with van der Waals surface area (Å²) in [5.41, 5.74) is 8.38. The van der Waals surface area contributed by atoms with Gasteiger partial charge in [-0.15, -0.1) is 0 Å². The number of hydrogen-bond acceptors (Lipinski definition) is 1. The maximum atomic E-state index is 5.61. The lowest BCUT2D eigenvalue weighted by molar-refractivity contribution is 0.655. The van der Waals surface area contributed by atoms with Crippen LogP contribution in [-0.4, -0.2) is 6.54 Å². The van der Waals surface area contributed by atoms with E-state index in [-0.39, 0.29) is 0 Å². The van der Waals surface area contributed by atoms with Gasteiger partial charge in [-0.2, -0.15) is 0 Å². The molecule has 0 spiro atoms. The van der Waals surface area contributed by atoms with Gasteiger partial charge in [0.2, 0.25) is 0 Å². The van der Waals surface area contributed by atoms with E-state index in [0.717, 1.165) is 13.0 Å². The van der Waals surface area contributed by atoms with E-state index < -0.39 is 0 Å². The molecule has 0 fully saturated rings. The molecule has 0 heterocycles. The quantitative estimate of drug-likeness (QED) is 0.664. The first-order chi connectivity index (χ1) is 5.90. The summed E-state index contributed by atoms with van der Waals surface area (Å²) < 4.78 is 0. The van der Waals surface area contributed by atoms with Crippen molar-refractivity contribution in [2.75, 3.05) is 6.54 Å². The van der Waals surface area contributed by atoms with Crippen molar-refractivity contribution >= 4 is 6.08 Å². The van der Waals surface area contributed by atoms with E-state index in [4.69, 9.17) is 5.73 Å². The van der Waals surface area contributed by atoms with E-state index in [0.29, 0.717) is 5.92 Å². The van der Waals surface area contributed by atoms with E-state index in [1.54, 1.807) is 0 Å². The Bertz CT molecular complexity index is 302. The summed E-state index contributed by atoms with van der Waals surface area (Å²) in [6, 6.07) is 8.50. The molecule has 0 radical (unpaired) electrons. The second-order valence-electron chi connectivity index (χ2n) is 3.26. The van der Waals surface area contributed by atoms with Crippen molar-refractivity contribution in [3.05, 3.63) is 41.5 Å². The van der Waals surface area contributed by atoms with Gasteiger partial charge in [0.05, 0.1) is 0 Å². The van der Waals surface area contributed by atoms with Crippen LogP contribution in [0.3, 0.4) is 0 Å². The molecule has 62 valence electrons. The van der Waals surface area contributed by atoms with E-state index in [1.165, 1.54) is 11.1 Å². The molecule has 0 saturated heterocycles. The summed E-state index contributed by atoms with van der Waals surface area (Å²) in [6.07, 6.45) is 5.49. The van der Waals surface area contributed by atoms with Gasteiger partial charge in [-0.3, -0.25) is 0 Å². The first-order valence-electron chi connectivity index (χ1n) is 4.36. The summed E-state index contributed by atoms with van der Waals surface area (Å²) in [5.74, 6) is 0.542. The second kappa shape index (κ2) is 3.11. The minimum Gasteiger partial charge on any atom is -0.330 e. The lowest BCUT2D eigenvalue weighted by Gasteiger charge is -2.17. The van der Waals surface area contributed by atoms with Crippen molar-refractivity contribution in [3.8, 4) is 0 Å². The number of benzene rings is 1. The minimum absolute atomic E-state index is 0.542. The molecular formula is C11H13N. The molecular weight excluding hydrogens is 146 g/mol. The topological polar surface area (TPSA) is 26.0 Å². The van der Waals surface area contributed by atoms with Crippen molar-refractivity contribution in [3.63, 3.8) is 0 Å². The van der Waals surface area contributed by atoms with Crippen molar-refractivity contribution in [1.29, 1.82) is 0 Å². The molecule has 0 amide bonds. The fourth-order valence-electron chi connectivity index (χ4n) is 1.63. The molecule has 1 nitrogen and oxygen atoms in total. The molecule has 12 heavy (non-hydrogen) atoms. The average Bonchev–Trinajstić information content (AvgIpc) is 2.17. The van der Waals surface area contributed by atoms with Crippen LogP contribution in [0, 0.1) is 5.92 Å². The van der Waals surface area contributed by atoms with Crippen LogP contribution in [0.25, 0.3) is 6.08 Å². The molecule has 1 aromatic rings. The minimum atomic E-state index is 0.542.